The van der Waals surface area contributed by atoms with E-state index < -0.39 is 23.9 Å². The average Bonchev–Trinajstić information content (AvgIpc) is 2.66. The van der Waals surface area contributed by atoms with Gasteiger partial charge in [0.25, 0.3) is 5.91 Å². The van der Waals surface area contributed by atoms with Crippen LogP contribution in [0.25, 0.3) is 0 Å². The van der Waals surface area contributed by atoms with Crippen LogP contribution in [-0.4, -0.2) is 51.9 Å². The zero-order valence-corrected chi connectivity index (χ0v) is 11.0. The van der Waals surface area contributed by atoms with Crippen molar-refractivity contribution in [2.24, 2.45) is 0 Å². The molecule has 0 saturated carbocycles. The Bertz CT molecular complexity index is 630. The van der Waals surface area contributed by atoms with Gasteiger partial charge >= 0.3 is 12.0 Å². The van der Waals surface area contributed by atoms with E-state index in [1.807, 2.05) is 0 Å². The monoisotopic (exact) mass is 292 g/mol. The van der Waals surface area contributed by atoms with Crippen LogP contribution in [0.15, 0.2) is 18.5 Å². The maximum absolute atomic E-state index is 11.7. The number of carboxylic acids is 1. The van der Waals surface area contributed by atoms with Gasteiger partial charge in [0.15, 0.2) is 0 Å². The highest BCUT2D eigenvalue weighted by Crippen LogP contribution is 2.12. The molecule has 1 fully saturated rings. The van der Waals surface area contributed by atoms with Gasteiger partial charge in [-0.05, 0) is 6.07 Å². The molecule has 1 aliphatic rings. The number of amides is 4. The first-order chi connectivity index (χ1) is 9.88. The van der Waals surface area contributed by atoms with Crippen molar-refractivity contribution in [2.45, 2.75) is 12.5 Å². The summed E-state index contributed by atoms with van der Waals surface area (Å²) >= 11 is 0. The van der Waals surface area contributed by atoms with Crippen molar-refractivity contribution in [1.29, 1.82) is 0 Å². The van der Waals surface area contributed by atoms with Gasteiger partial charge in [0.2, 0.25) is 5.91 Å². The van der Waals surface area contributed by atoms with Gasteiger partial charge in [-0.2, -0.15) is 0 Å². The molecule has 3 N–H and O–H groups in total. The summed E-state index contributed by atoms with van der Waals surface area (Å²) in [7, 11) is 1.34. The van der Waals surface area contributed by atoms with E-state index in [1.54, 1.807) is 0 Å². The van der Waals surface area contributed by atoms with Crippen molar-refractivity contribution in [3.05, 3.63) is 24.0 Å². The lowest BCUT2D eigenvalue weighted by atomic mass is 10.2. The topological polar surface area (TPSA) is 129 Å². The van der Waals surface area contributed by atoms with Crippen LogP contribution < -0.4 is 10.6 Å². The molecule has 110 valence electrons. The SMILES string of the molecule is CN1C(=O)CC(NC(=O)Nc2cncc(C(=O)O)c2)C1=O. The first-order valence-electron chi connectivity index (χ1n) is 5.94. The summed E-state index contributed by atoms with van der Waals surface area (Å²) in [5.41, 5.74) is 0.0807. The number of likely N-dealkylation sites (N-methyl/N-ethyl adjacent to an activating group) is 1. The third-order valence-corrected chi connectivity index (χ3v) is 2.93. The number of urea groups is 1. The number of likely N-dealkylation sites (tertiary alicyclic amines) is 1. The lowest BCUT2D eigenvalue weighted by molar-refractivity contribution is -0.137. The minimum atomic E-state index is -1.18. The van der Waals surface area contributed by atoms with Gasteiger partial charge in [-0.25, -0.2) is 9.59 Å². The average molecular weight is 292 g/mol. The van der Waals surface area contributed by atoms with Crippen molar-refractivity contribution in [3.63, 3.8) is 0 Å². The summed E-state index contributed by atoms with van der Waals surface area (Å²) in [4.78, 5) is 50.1. The lowest BCUT2D eigenvalue weighted by Crippen LogP contribution is -2.42. The Kier molecular flexibility index (Phi) is 3.83. The number of nitrogens with one attached hydrogen (secondary N) is 2. The normalized spacial score (nSPS) is 17.8. The molecule has 2 heterocycles. The summed E-state index contributed by atoms with van der Waals surface area (Å²) < 4.78 is 0. The third-order valence-electron chi connectivity index (χ3n) is 2.93. The second kappa shape index (κ2) is 5.57. The van der Waals surface area contributed by atoms with Crippen molar-refractivity contribution in [3.8, 4) is 0 Å². The molecule has 21 heavy (non-hydrogen) atoms. The highest BCUT2D eigenvalue weighted by Gasteiger charge is 2.36. The molecular formula is C12H12N4O5. The van der Waals surface area contributed by atoms with Crippen LogP contribution in [0.4, 0.5) is 10.5 Å². The number of carbonyl (C=O) groups is 4. The Morgan fingerprint density at radius 2 is 2.10 bits per heavy atom. The fourth-order valence-electron chi connectivity index (χ4n) is 1.82. The van der Waals surface area contributed by atoms with E-state index in [9.17, 15) is 19.2 Å². The summed E-state index contributed by atoms with van der Waals surface area (Å²) in [6, 6.07) is -0.415. The molecule has 1 aromatic rings. The minimum Gasteiger partial charge on any atom is -0.478 e. The Balaban J connectivity index is 1.99. The molecule has 2 rings (SSSR count). The molecule has 9 nitrogen and oxygen atoms in total. The number of hydrogen-bond acceptors (Lipinski definition) is 5. The number of imide groups is 1. The van der Waals surface area contributed by atoms with E-state index in [-0.39, 0.29) is 23.6 Å². The minimum absolute atomic E-state index is 0.0837. The van der Waals surface area contributed by atoms with E-state index >= 15 is 0 Å². The molecule has 0 bridgehead atoms. The van der Waals surface area contributed by atoms with Crippen LogP contribution in [0.2, 0.25) is 0 Å². The second-order valence-electron chi connectivity index (χ2n) is 4.41. The number of pyridine rings is 1. The zero-order chi connectivity index (χ0) is 15.6. The van der Waals surface area contributed by atoms with Crippen molar-refractivity contribution < 1.29 is 24.3 Å². The molecule has 0 aliphatic carbocycles. The molecule has 1 aliphatic heterocycles. The first-order valence-corrected chi connectivity index (χ1v) is 5.94. The number of nitrogens with zero attached hydrogens (tertiary/aromatic N) is 2. The van der Waals surface area contributed by atoms with Gasteiger partial charge in [-0.3, -0.25) is 19.5 Å². The van der Waals surface area contributed by atoms with Gasteiger partial charge in [0.1, 0.15) is 6.04 Å². The molecule has 9 heteroatoms. The maximum Gasteiger partial charge on any atom is 0.337 e. The number of carboxylic acid groups (broad SMARTS) is 1. The van der Waals surface area contributed by atoms with Crippen LogP contribution >= 0.6 is 0 Å². The molecular weight excluding hydrogens is 280 g/mol. The number of carbonyl (C=O) groups excluding carboxylic acids is 3. The highest BCUT2D eigenvalue weighted by atomic mass is 16.4. The van der Waals surface area contributed by atoms with Gasteiger partial charge < -0.3 is 15.7 Å². The highest BCUT2D eigenvalue weighted by molar-refractivity contribution is 6.07. The first kappa shape index (κ1) is 14.4. The number of anilines is 1. The fraction of sp³-hybridized carbons (Fsp3) is 0.250. The van der Waals surface area contributed by atoms with Crippen LogP contribution in [0.3, 0.4) is 0 Å². The van der Waals surface area contributed by atoms with Crippen molar-refractivity contribution >= 4 is 29.5 Å². The number of aromatic carboxylic acids is 1. The molecule has 1 saturated heterocycles. The quantitative estimate of drug-likeness (QED) is 0.654. The Morgan fingerprint density at radius 1 is 1.38 bits per heavy atom. The standard InChI is InChI=1S/C12H12N4O5/c1-16-9(17)3-8(10(16)18)15-12(21)14-7-2-6(11(19)20)4-13-5-7/h2,4-5,8H,3H2,1H3,(H,19,20)(H2,14,15,21). The van der Waals surface area contributed by atoms with Gasteiger partial charge in [0, 0.05) is 13.2 Å². The van der Waals surface area contributed by atoms with Gasteiger partial charge in [-0.15, -0.1) is 0 Å². The van der Waals surface area contributed by atoms with E-state index in [1.165, 1.54) is 19.3 Å². The molecule has 1 atom stereocenters. The second-order valence-corrected chi connectivity index (χ2v) is 4.41. The van der Waals surface area contributed by atoms with E-state index in [4.69, 9.17) is 5.11 Å². The van der Waals surface area contributed by atoms with Crippen molar-refractivity contribution in [2.75, 3.05) is 12.4 Å². The van der Waals surface area contributed by atoms with Crippen molar-refractivity contribution in [1.82, 2.24) is 15.2 Å². The largest absolute Gasteiger partial charge is 0.478 e. The predicted octanol–water partition coefficient (Wildman–Crippen LogP) is -0.341. The molecule has 4 amide bonds. The summed E-state index contributed by atoms with van der Waals surface area (Å²) in [6.07, 6.45) is 2.30. The molecule has 1 aromatic heterocycles. The lowest BCUT2D eigenvalue weighted by Gasteiger charge is -2.12. The van der Waals surface area contributed by atoms with E-state index in [2.05, 4.69) is 15.6 Å². The Hall–Kier alpha value is -2.97. The molecule has 1 unspecified atom stereocenters. The summed E-state index contributed by atoms with van der Waals surface area (Å²) in [5, 5.41) is 13.5. The number of hydrogen-bond donors (Lipinski definition) is 3. The molecule has 0 aromatic carbocycles. The zero-order valence-electron chi connectivity index (χ0n) is 11.0. The number of aromatic nitrogens is 1. The Labute approximate surface area is 118 Å². The molecule has 0 radical (unpaired) electrons. The van der Waals surface area contributed by atoms with Crippen LogP contribution in [0.5, 0.6) is 0 Å². The molecule has 0 spiro atoms. The number of rotatable bonds is 3. The fourth-order valence-corrected chi connectivity index (χ4v) is 1.82. The van der Waals surface area contributed by atoms with Gasteiger partial charge in [0.05, 0.1) is 23.9 Å². The Morgan fingerprint density at radius 3 is 2.67 bits per heavy atom. The van der Waals surface area contributed by atoms with E-state index in [0.29, 0.717) is 0 Å². The van der Waals surface area contributed by atoms with E-state index in [0.717, 1.165) is 11.1 Å². The van der Waals surface area contributed by atoms with Gasteiger partial charge in [-0.1, -0.05) is 0 Å². The smallest absolute Gasteiger partial charge is 0.337 e. The van der Waals surface area contributed by atoms with Crippen LogP contribution in [0.1, 0.15) is 16.8 Å². The third kappa shape index (κ3) is 3.14. The van der Waals surface area contributed by atoms with Crippen LogP contribution in [0, 0.1) is 0 Å². The predicted molar refractivity (Wildman–Crippen MR) is 69.5 cm³/mol. The summed E-state index contributed by atoms with van der Waals surface area (Å²) in [5.74, 6) is -2.04. The van der Waals surface area contributed by atoms with Crippen LogP contribution in [-0.2, 0) is 9.59 Å². The summed E-state index contributed by atoms with van der Waals surface area (Å²) in [6.45, 7) is 0. The maximum atomic E-state index is 11.7.